The molecule has 0 unspecified atom stereocenters. The minimum Gasteiger partial charge on any atom is -0.474 e. The highest BCUT2D eigenvalue weighted by molar-refractivity contribution is 5.39. The van der Waals surface area contributed by atoms with Crippen LogP contribution in [0.3, 0.4) is 0 Å². The Balaban J connectivity index is 3.07. The van der Waals surface area contributed by atoms with E-state index in [1.165, 1.54) is 0 Å². The van der Waals surface area contributed by atoms with Crippen molar-refractivity contribution in [1.82, 2.24) is 4.98 Å². The van der Waals surface area contributed by atoms with Gasteiger partial charge < -0.3 is 9.84 Å². The molecule has 1 aromatic rings. The third-order valence-corrected chi connectivity index (χ3v) is 1.60. The fourth-order valence-electron chi connectivity index (χ4n) is 0.936. The van der Waals surface area contributed by atoms with Gasteiger partial charge in [0.05, 0.1) is 6.61 Å². The van der Waals surface area contributed by atoms with Gasteiger partial charge in [0.2, 0.25) is 5.88 Å². The van der Waals surface area contributed by atoms with Crippen molar-refractivity contribution in [2.24, 2.45) is 0 Å². The summed E-state index contributed by atoms with van der Waals surface area (Å²) in [5, 5.41) is 17.1. The Labute approximate surface area is 88.9 Å². The molecule has 0 aliphatic rings. The Kier molecular flexibility index (Phi) is 3.68. The topological polar surface area (TPSA) is 66.1 Å². The zero-order valence-electron chi connectivity index (χ0n) is 7.95. The maximum absolute atomic E-state index is 12.3. The fourth-order valence-corrected chi connectivity index (χ4v) is 0.936. The molecule has 0 saturated heterocycles. The molecule has 16 heavy (non-hydrogen) atoms. The smallest absolute Gasteiger partial charge is 0.433 e. The number of aliphatic hydroxyl groups excluding tert-OH is 1. The molecular formula is C9H7F3N2O2. The molecular weight excluding hydrogens is 225 g/mol. The second kappa shape index (κ2) is 4.81. The maximum atomic E-state index is 12.3. The maximum Gasteiger partial charge on any atom is 0.433 e. The summed E-state index contributed by atoms with van der Waals surface area (Å²) in [5.41, 5.74) is -1.25. The van der Waals surface area contributed by atoms with Gasteiger partial charge in [0.25, 0.3) is 0 Å². The lowest BCUT2D eigenvalue weighted by molar-refractivity contribution is -0.141. The highest BCUT2D eigenvalue weighted by Gasteiger charge is 2.33. The van der Waals surface area contributed by atoms with Gasteiger partial charge in [-0.2, -0.15) is 18.4 Å². The van der Waals surface area contributed by atoms with Gasteiger partial charge in [-0.05, 0) is 12.1 Å². The van der Waals surface area contributed by atoms with Crippen LogP contribution < -0.4 is 4.74 Å². The summed E-state index contributed by atoms with van der Waals surface area (Å²) in [6, 6.07) is 3.32. The van der Waals surface area contributed by atoms with E-state index in [-0.39, 0.29) is 18.8 Å². The Morgan fingerprint density at radius 1 is 1.44 bits per heavy atom. The second-order valence-electron chi connectivity index (χ2n) is 2.73. The van der Waals surface area contributed by atoms with Crippen LogP contribution in [0.25, 0.3) is 0 Å². The predicted octanol–water partition coefficient (Wildman–Crippen LogP) is 1.34. The zero-order chi connectivity index (χ0) is 12.2. The lowest BCUT2D eigenvalue weighted by atomic mass is 10.2. The predicted molar refractivity (Wildman–Crippen MR) is 46.5 cm³/mol. The Morgan fingerprint density at radius 3 is 2.62 bits per heavy atom. The molecule has 0 radical (unpaired) electrons. The summed E-state index contributed by atoms with van der Waals surface area (Å²) in [6.07, 6.45) is -4.59. The molecule has 0 atom stereocenters. The van der Waals surface area contributed by atoms with Crippen LogP contribution in [0.5, 0.6) is 5.88 Å². The van der Waals surface area contributed by atoms with E-state index in [4.69, 9.17) is 15.1 Å². The quantitative estimate of drug-likeness (QED) is 0.854. The standard InChI is InChI=1S/C9H7F3N2O2/c10-9(11,12)7-2-1-6(5-13)8(14-7)16-4-3-15/h1-2,15H,3-4H2. The highest BCUT2D eigenvalue weighted by Crippen LogP contribution is 2.29. The molecule has 86 valence electrons. The molecule has 0 aromatic carbocycles. The van der Waals surface area contributed by atoms with Gasteiger partial charge in [0.1, 0.15) is 23.9 Å². The van der Waals surface area contributed by atoms with Gasteiger partial charge in [-0.1, -0.05) is 0 Å². The average Bonchev–Trinajstić information content (AvgIpc) is 2.24. The van der Waals surface area contributed by atoms with E-state index in [2.05, 4.69) is 4.98 Å². The van der Waals surface area contributed by atoms with Crippen LogP contribution in [0.4, 0.5) is 13.2 Å². The van der Waals surface area contributed by atoms with Gasteiger partial charge in [-0.3, -0.25) is 0 Å². The van der Waals surface area contributed by atoms with Crippen LogP contribution in [0.2, 0.25) is 0 Å². The third kappa shape index (κ3) is 2.84. The van der Waals surface area contributed by atoms with Crippen LogP contribution in [0.15, 0.2) is 12.1 Å². The van der Waals surface area contributed by atoms with Crippen molar-refractivity contribution in [3.05, 3.63) is 23.4 Å². The van der Waals surface area contributed by atoms with Crippen molar-refractivity contribution in [1.29, 1.82) is 5.26 Å². The SMILES string of the molecule is N#Cc1ccc(C(F)(F)F)nc1OCCO. The molecule has 0 bridgehead atoms. The van der Waals surface area contributed by atoms with Gasteiger partial charge in [-0.25, -0.2) is 4.98 Å². The molecule has 1 heterocycles. The lowest BCUT2D eigenvalue weighted by Crippen LogP contribution is -2.11. The second-order valence-corrected chi connectivity index (χ2v) is 2.73. The molecule has 1 N–H and O–H groups in total. The number of aromatic nitrogens is 1. The number of nitrogens with zero attached hydrogens (tertiary/aromatic N) is 2. The summed E-state index contributed by atoms with van der Waals surface area (Å²) in [7, 11) is 0. The van der Waals surface area contributed by atoms with Gasteiger partial charge in [-0.15, -0.1) is 0 Å². The summed E-state index contributed by atoms with van der Waals surface area (Å²) < 4.78 is 41.6. The largest absolute Gasteiger partial charge is 0.474 e. The van der Waals surface area contributed by atoms with E-state index >= 15 is 0 Å². The average molecular weight is 232 g/mol. The Bertz CT molecular complexity index is 412. The van der Waals surface area contributed by atoms with E-state index in [1.807, 2.05) is 0 Å². The molecule has 0 aliphatic heterocycles. The van der Waals surface area contributed by atoms with E-state index in [1.54, 1.807) is 6.07 Å². The van der Waals surface area contributed by atoms with Crippen LogP contribution in [-0.4, -0.2) is 23.3 Å². The Morgan fingerprint density at radius 2 is 2.12 bits per heavy atom. The molecule has 0 amide bonds. The zero-order valence-corrected chi connectivity index (χ0v) is 7.95. The van der Waals surface area contributed by atoms with Crippen molar-refractivity contribution in [3.8, 4) is 11.9 Å². The normalized spacial score (nSPS) is 10.9. The van der Waals surface area contributed by atoms with Crippen molar-refractivity contribution in [2.45, 2.75) is 6.18 Å². The summed E-state index contributed by atoms with van der Waals surface area (Å²) in [4.78, 5) is 3.17. The first-order valence-electron chi connectivity index (χ1n) is 4.21. The highest BCUT2D eigenvalue weighted by atomic mass is 19.4. The number of aliphatic hydroxyl groups is 1. The number of pyridine rings is 1. The summed E-state index contributed by atoms with van der Waals surface area (Å²) in [6.45, 7) is -0.591. The van der Waals surface area contributed by atoms with Crippen LogP contribution >= 0.6 is 0 Å². The molecule has 1 aromatic heterocycles. The summed E-state index contributed by atoms with van der Waals surface area (Å²) in [5.74, 6) is -0.425. The van der Waals surface area contributed by atoms with Gasteiger partial charge in [0.15, 0.2) is 0 Å². The van der Waals surface area contributed by atoms with E-state index < -0.39 is 17.8 Å². The minimum absolute atomic E-state index is 0.110. The van der Waals surface area contributed by atoms with Crippen molar-refractivity contribution in [2.75, 3.05) is 13.2 Å². The number of ether oxygens (including phenoxy) is 1. The van der Waals surface area contributed by atoms with Crippen LogP contribution in [0.1, 0.15) is 11.3 Å². The van der Waals surface area contributed by atoms with Crippen molar-refractivity contribution >= 4 is 0 Å². The molecule has 4 nitrogen and oxygen atoms in total. The Hall–Kier alpha value is -1.81. The molecule has 1 rings (SSSR count). The molecule has 0 spiro atoms. The van der Waals surface area contributed by atoms with Crippen molar-refractivity contribution in [3.63, 3.8) is 0 Å². The van der Waals surface area contributed by atoms with E-state index in [9.17, 15) is 13.2 Å². The number of alkyl halides is 3. The minimum atomic E-state index is -4.59. The summed E-state index contributed by atoms with van der Waals surface area (Å²) >= 11 is 0. The first kappa shape index (κ1) is 12.3. The molecule has 0 saturated carbocycles. The third-order valence-electron chi connectivity index (χ3n) is 1.60. The molecule has 0 aliphatic carbocycles. The number of hydrogen-bond donors (Lipinski definition) is 1. The van der Waals surface area contributed by atoms with Crippen LogP contribution in [-0.2, 0) is 6.18 Å². The van der Waals surface area contributed by atoms with E-state index in [0.29, 0.717) is 6.07 Å². The number of nitriles is 1. The lowest BCUT2D eigenvalue weighted by Gasteiger charge is -2.09. The van der Waals surface area contributed by atoms with Gasteiger partial charge in [0, 0.05) is 0 Å². The van der Waals surface area contributed by atoms with Crippen LogP contribution in [0, 0.1) is 11.3 Å². The first-order valence-corrected chi connectivity index (χ1v) is 4.21. The van der Waals surface area contributed by atoms with Gasteiger partial charge >= 0.3 is 6.18 Å². The number of halogens is 3. The number of rotatable bonds is 3. The molecule has 7 heteroatoms. The monoisotopic (exact) mass is 232 g/mol. The number of hydrogen-bond acceptors (Lipinski definition) is 4. The molecule has 0 fully saturated rings. The fraction of sp³-hybridized carbons (Fsp3) is 0.333. The van der Waals surface area contributed by atoms with E-state index in [0.717, 1.165) is 6.07 Å². The first-order chi connectivity index (χ1) is 7.49. The van der Waals surface area contributed by atoms with Crippen molar-refractivity contribution < 1.29 is 23.0 Å².